The molecular weight excluding hydrogens is 357 g/mol. The lowest BCUT2D eigenvalue weighted by molar-refractivity contribution is 0.170. The number of amides is 2. The number of urea groups is 1. The van der Waals surface area contributed by atoms with Gasteiger partial charge in [0.05, 0.1) is 10.8 Å². The minimum Gasteiger partial charge on any atom is -0.324 e. The first-order chi connectivity index (χ1) is 11.4. The average Bonchev–Trinajstić information content (AvgIpc) is 2.90. The summed E-state index contributed by atoms with van der Waals surface area (Å²) in [5.74, 6) is -0.372. The third-order valence-corrected chi connectivity index (χ3v) is 6.77. The molecule has 1 N–H and O–H groups in total. The first-order valence-electron chi connectivity index (χ1n) is 7.87. The number of benzene rings is 1. The molecule has 3 rings (SSSR count). The van der Waals surface area contributed by atoms with Crippen molar-refractivity contribution in [2.24, 2.45) is 0 Å². The number of carbonyl (C=O) groups is 1. The molecule has 0 aromatic heterocycles. The van der Waals surface area contributed by atoms with E-state index in [9.17, 15) is 17.6 Å². The number of halogens is 2. The second-order valence-corrected chi connectivity index (χ2v) is 8.51. The van der Waals surface area contributed by atoms with Crippen molar-refractivity contribution >= 4 is 33.3 Å². The Hall–Kier alpha value is -1.38. The van der Waals surface area contributed by atoms with Crippen LogP contribution in [-0.4, -0.2) is 55.1 Å². The van der Waals surface area contributed by atoms with Gasteiger partial charge in [-0.25, -0.2) is 17.6 Å². The molecule has 6 nitrogen and oxygen atoms in total. The lowest BCUT2D eigenvalue weighted by Crippen LogP contribution is -2.48. The topological polar surface area (TPSA) is 69.7 Å². The van der Waals surface area contributed by atoms with Gasteiger partial charge in [-0.2, -0.15) is 4.31 Å². The molecular formula is C15H19ClFN3O3S. The van der Waals surface area contributed by atoms with E-state index in [2.05, 4.69) is 5.32 Å². The molecule has 1 aromatic rings. The van der Waals surface area contributed by atoms with Gasteiger partial charge in [0, 0.05) is 31.4 Å². The van der Waals surface area contributed by atoms with Crippen LogP contribution in [0, 0.1) is 5.82 Å². The van der Waals surface area contributed by atoms with E-state index >= 15 is 0 Å². The number of anilines is 1. The number of nitrogens with one attached hydrogen (secondary N) is 1. The molecule has 0 spiro atoms. The summed E-state index contributed by atoms with van der Waals surface area (Å²) in [7, 11) is -3.12. The minimum atomic E-state index is -3.12. The van der Waals surface area contributed by atoms with Crippen LogP contribution in [0.15, 0.2) is 18.2 Å². The van der Waals surface area contributed by atoms with Gasteiger partial charge in [0.1, 0.15) is 5.82 Å². The van der Waals surface area contributed by atoms with Crippen LogP contribution in [0.1, 0.15) is 19.3 Å². The van der Waals surface area contributed by atoms with Crippen LogP contribution >= 0.6 is 11.6 Å². The van der Waals surface area contributed by atoms with E-state index in [-0.39, 0.29) is 22.8 Å². The predicted octanol–water partition coefficient (Wildman–Crippen LogP) is 2.51. The van der Waals surface area contributed by atoms with Crippen LogP contribution in [0.4, 0.5) is 14.9 Å². The number of piperidine rings is 1. The molecule has 132 valence electrons. The number of carbonyl (C=O) groups excluding carboxylic acids is 1. The van der Waals surface area contributed by atoms with E-state index in [1.807, 2.05) is 0 Å². The maximum absolute atomic E-state index is 13.4. The molecule has 2 heterocycles. The molecule has 0 saturated carbocycles. The van der Waals surface area contributed by atoms with Crippen molar-refractivity contribution in [3.63, 3.8) is 0 Å². The number of sulfonamides is 1. The zero-order chi connectivity index (χ0) is 17.3. The van der Waals surface area contributed by atoms with Crippen LogP contribution in [0.25, 0.3) is 0 Å². The van der Waals surface area contributed by atoms with Gasteiger partial charge in [-0.1, -0.05) is 11.6 Å². The highest BCUT2D eigenvalue weighted by Crippen LogP contribution is 2.25. The third-order valence-electron chi connectivity index (χ3n) is 4.47. The zero-order valence-electron chi connectivity index (χ0n) is 13.0. The second-order valence-electron chi connectivity index (χ2n) is 6.06. The van der Waals surface area contributed by atoms with Gasteiger partial charge in [-0.3, -0.25) is 0 Å². The van der Waals surface area contributed by atoms with Crippen LogP contribution < -0.4 is 5.32 Å². The van der Waals surface area contributed by atoms with Crippen molar-refractivity contribution < 1.29 is 17.6 Å². The first kappa shape index (κ1) is 17.4. The highest BCUT2D eigenvalue weighted by atomic mass is 35.5. The largest absolute Gasteiger partial charge is 0.324 e. The van der Waals surface area contributed by atoms with Crippen LogP contribution in [-0.2, 0) is 10.0 Å². The summed E-state index contributed by atoms with van der Waals surface area (Å²) in [5.41, 5.74) is 0.339. The van der Waals surface area contributed by atoms with Crippen molar-refractivity contribution in [3.8, 4) is 0 Å². The summed E-state index contributed by atoms with van der Waals surface area (Å²) in [5, 5.41) is 2.64. The summed E-state index contributed by atoms with van der Waals surface area (Å²) >= 11 is 5.62. The normalized spacial score (nSPS) is 21.8. The Kier molecular flexibility index (Phi) is 4.98. The average molecular weight is 376 g/mol. The molecule has 9 heteroatoms. The predicted molar refractivity (Wildman–Crippen MR) is 90.1 cm³/mol. The van der Waals surface area contributed by atoms with Gasteiger partial charge in [-0.15, -0.1) is 0 Å². The molecule has 1 aromatic carbocycles. The molecule has 2 saturated heterocycles. The molecule has 2 aliphatic rings. The molecule has 24 heavy (non-hydrogen) atoms. The summed E-state index contributed by atoms with van der Waals surface area (Å²) < 4.78 is 38.9. The number of hydrogen-bond acceptors (Lipinski definition) is 3. The maximum Gasteiger partial charge on any atom is 0.321 e. The Bertz CT molecular complexity index is 735. The Morgan fingerprint density at radius 1 is 1.25 bits per heavy atom. The molecule has 2 amide bonds. The van der Waals surface area contributed by atoms with Crippen molar-refractivity contribution in [3.05, 3.63) is 29.0 Å². The van der Waals surface area contributed by atoms with Crippen molar-refractivity contribution in [2.75, 3.05) is 30.7 Å². The van der Waals surface area contributed by atoms with Crippen LogP contribution in [0.2, 0.25) is 5.02 Å². The zero-order valence-corrected chi connectivity index (χ0v) is 14.6. The fourth-order valence-corrected chi connectivity index (χ4v) is 5.12. The first-order valence-corrected chi connectivity index (χ1v) is 9.86. The Labute approximate surface area is 145 Å². The minimum absolute atomic E-state index is 0.000589. The molecule has 2 aliphatic heterocycles. The summed E-state index contributed by atoms with van der Waals surface area (Å²) in [6, 6.07) is 3.74. The van der Waals surface area contributed by atoms with Gasteiger partial charge >= 0.3 is 6.03 Å². The van der Waals surface area contributed by atoms with Gasteiger partial charge in [0.15, 0.2) is 0 Å². The lowest BCUT2D eigenvalue weighted by atomic mass is 10.1. The molecule has 2 fully saturated rings. The Balaban J connectivity index is 1.56. The van der Waals surface area contributed by atoms with E-state index in [1.165, 1.54) is 18.2 Å². The van der Waals surface area contributed by atoms with E-state index in [0.29, 0.717) is 44.6 Å². The van der Waals surface area contributed by atoms with Gasteiger partial charge < -0.3 is 10.2 Å². The third kappa shape index (κ3) is 3.65. The monoisotopic (exact) mass is 375 g/mol. The van der Waals surface area contributed by atoms with Gasteiger partial charge in [-0.05, 0) is 37.5 Å². The molecule has 0 unspecified atom stereocenters. The quantitative estimate of drug-likeness (QED) is 0.863. The highest BCUT2D eigenvalue weighted by molar-refractivity contribution is 7.89. The molecule has 0 radical (unpaired) electrons. The van der Waals surface area contributed by atoms with Crippen molar-refractivity contribution in [1.82, 2.24) is 9.21 Å². The van der Waals surface area contributed by atoms with Crippen molar-refractivity contribution in [1.29, 1.82) is 0 Å². The number of hydrogen-bond donors (Lipinski definition) is 1. The van der Waals surface area contributed by atoms with E-state index in [1.54, 1.807) is 9.21 Å². The fourth-order valence-electron chi connectivity index (χ4n) is 3.20. The molecule has 0 bridgehead atoms. The number of likely N-dealkylation sites (tertiary alicyclic amines) is 1. The fraction of sp³-hybridized carbons (Fsp3) is 0.533. The standard InChI is InChI=1S/C15H19ClFN3O3S/c16-13-3-2-11(10-14(13)17)18-15(21)19-7-4-12(5-8-19)20-6-1-9-24(20,22)23/h2-3,10,12H,1,4-9H2,(H,18,21). The summed E-state index contributed by atoms with van der Waals surface area (Å²) in [6.07, 6.45) is 1.90. The second kappa shape index (κ2) is 6.85. The summed E-state index contributed by atoms with van der Waals surface area (Å²) in [6.45, 7) is 1.51. The van der Waals surface area contributed by atoms with E-state index < -0.39 is 15.8 Å². The van der Waals surface area contributed by atoms with E-state index in [0.717, 1.165) is 0 Å². The molecule has 0 aliphatic carbocycles. The summed E-state index contributed by atoms with van der Waals surface area (Å²) in [4.78, 5) is 13.9. The van der Waals surface area contributed by atoms with Gasteiger partial charge in [0.2, 0.25) is 10.0 Å². The maximum atomic E-state index is 13.4. The van der Waals surface area contributed by atoms with Crippen molar-refractivity contribution in [2.45, 2.75) is 25.3 Å². The smallest absolute Gasteiger partial charge is 0.321 e. The van der Waals surface area contributed by atoms with Crippen LogP contribution in [0.3, 0.4) is 0 Å². The Morgan fingerprint density at radius 2 is 1.96 bits per heavy atom. The lowest BCUT2D eigenvalue weighted by Gasteiger charge is -2.35. The SMILES string of the molecule is O=C(Nc1ccc(Cl)c(F)c1)N1CCC(N2CCCS2(=O)=O)CC1. The van der Waals surface area contributed by atoms with Gasteiger partial charge in [0.25, 0.3) is 0 Å². The van der Waals surface area contributed by atoms with E-state index in [4.69, 9.17) is 11.6 Å². The molecule has 0 atom stereocenters. The number of rotatable bonds is 2. The van der Waals surface area contributed by atoms with Crippen LogP contribution in [0.5, 0.6) is 0 Å². The Morgan fingerprint density at radius 3 is 2.54 bits per heavy atom. The highest BCUT2D eigenvalue weighted by Gasteiger charge is 2.36. The number of nitrogens with zero attached hydrogens (tertiary/aromatic N) is 2.